The van der Waals surface area contributed by atoms with Crippen molar-refractivity contribution in [2.75, 3.05) is 34.5 Å². The monoisotopic (exact) mass is 1020 g/mol. The van der Waals surface area contributed by atoms with E-state index in [1.807, 2.05) is 13.8 Å². The lowest BCUT2D eigenvalue weighted by Crippen LogP contribution is -2.32. The van der Waals surface area contributed by atoms with Crippen molar-refractivity contribution in [3.63, 3.8) is 0 Å². The molecule has 21 heteroatoms. The van der Waals surface area contributed by atoms with Crippen LogP contribution in [-0.2, 0) is 36.8 Å². The molecule has 4 N–H and O–H groups in total. The predicted octanol–water partition coefficient (Wildman–Crippen LogP) is 11.9. The van der Waals surface area contributed by atoms with Gasteiger partial charge in [0.05, 0.1) is 36.3 Å². The van der Waals surface area contributed by atoms with E-state index in [1.54, 1.807) is 36.4 Å². The molecule has 0 radical (unpaired) electrons. The standard InChI is InChI=1S/C47H43Cl5N8O8/c1-5-67-40-11-8-35(18-30(40)23-49)53-44(63)27-13-32(51)20-37(15-27)57-59-42(25(3)61)46(65)55-34-7-10-39(29(17-34)22-48)56-47(66)43(26(4)62)60-58-38-16-28(14-33(52)21-38)45(64)54-36-9-12-41(68-6-2)31(19-36)24-50/h7-21,42-43H,5-6,22-24H2,1-4H3,(H,53,63)(H,54,64)(H,55,65)(H,56,66). The molecule has 0 saturated heterocycles. The summed E-state index contributed by atoms with van der Waals surface area (Å²) in [4.78, 5) is 78.5. The topological polar surface area (TPSA) is 218 Å². The summed E-state index contributed by atoms with van der Waals surface area (Å²) in [7, 11) is 0. The fourth-order valence-electron chi connectivity index (χ4n) is 6.25. The van der Waals surface area contributed by atoms with Crippen molar-refractivity contribution >= 4 is 127 Å². The molecule has 5 aromatic rings. The van der Waals surface area contributed by atoms with Gasteiger partial charge in [0.1, 0.15) is 11.5 Å². The number of halogens is 5. The van der Waals surface area contributed by atoms with Crippen LogP contribution in [0.5, 0.6) is 11.5 Å². The van der Waals surface area contributed by atoms with Gasteiger partial charge in [0.15, 0.2) is 11.6 Å². The third kappa shape index (κ3) is 14.5. The minimum absolute atomic E-state index is 0.0855. The molecule has 2 atom stereocenters. The molecule has 0 heterocycles. The number of Topliss-reactive ketones (excluding diaryl/α,β-unsaturated/α-hetero) is 2. The molecule has 5 rings (SSSR count). The number of hydrogen-bond donors (Lipinski definition) is 4. The quantitative estimate of drug-likeness (QED) is 0.0314. The largest absolute Gasteiger partial charge is 0.494 e. The molecule has 0 fully saturated rings. The van der Waals surface area contributed by atoms with Gasteiger partial charge in [-0.05, 0) is 124 Å². The fourth-order valence-corrected chi connectivity index (χ4v) is 7.35. The number of amides is 4. The zero-order chi connectivity index (χ0) is 49.5. The van der Waals surface area contributed by atoms with Gasteiger partial charge < -0.3 is 30.7 Å². The molecule has 0 saturated carbocycles. The maximum absolute atomic E-state index is 13.4. The molecule has 4 amide bonds. The number of anilines is 4. The maximum Gasteiger partial charge on any atom is 0.258 e. The van der Waals surface area contributed by atoms with Crippen molar-refractivity contribution in [1.29, 1.82) is 0 Å². The number of nitrogens with one attached hydrogen (secondary N) is 4. The van der Waals surface area contributed by atoms with E-state index < -0.39 is 47.3 Å². The lowest BCUT2D eigenvalue weighted by Gasteiger charge is -2.15. The van der Waals surface area contributed by atoms with Gasteiger partial charge >= 0.3 is 0 Å². The van der Waals surface area contributed by atoms with Crippen LogP contribution >= 0.6 is 58.0 Å². The van der Waals surface area contributed by atoms with Crippen LogP contribution in [0.25, 0.3) is 0 Å². The summed E-state index contributed by atoms with van der Waals surface area (Å²) in [6.07, 6.45) is 0. The Balaban J connectivity index is 1.25. The highest BCUT2D eigenvalue weighted by Gasteiger charge is 2.26. The van der Waals surface area contributed by atoms with E-state index in [0.29, 0.717) is 52.8 Å². The van der Waals surface area contributed by atoms with Gasteiger partial charge in [0.25, 0.3) is 23.6 Å². The molecule has 16 nitrogen and oxygen atoms in total. The highest BCUT2D eigenvalue weighted by atomic mass is 35.5. The summed E-state index contributed by atoms with van der Waals surface area (Å²) < 4.78 is 11.1. The van der Waals surface area contributed by atoms with Gasteiger partial charge in [-0.3, -0.25) is 28.8 Å². The lowest BCUT2D eigenvalue weighted by atomic mass is 10.1. The van der Waals surface area contributed by atoms with Crippen LogP contribution in [0.1, 0.15) is 65.1 Å². The summed E-state index contributed by atoms with van der Waals surface area (Å²) in [5.74, 6) is -2.71. The van der Waals surface area contributed by atoms with E-state index in [9.17, 15) is 28.8 Å². The zero-order valence-corrected chi connectivity index (χ0v) is 40.6. The van der Waals surface area contributed by atoms with Gasteiger partial charge in [-0.2, -0.15) is 20.5 Å². The van der Waals surface area contributed by atoms with Crippen molar-refractivity contribution in [3.8, 4) is 11.5 Å². The Morgan fingerprint density at radius 2 is 0.912 bits per heavy atom. The van der Waals surface area contributed by atoms with Crippen molar-refractivity contribution in [2.24, 2.45) is 20.5 Å². The number of carbonyl (C=O) groups is 6. The molecule has 68 heavy (non-hydrogen) atoms. The lowest BCUT2D eigenvalue weighted by molar-refractivity contribution is -0.127. The average Bonchev–Trinajstić information content (AvgIpc) is 3.30. The van der Waals surface area contributed by atoms with Crippen molar-refractivity contribution in [2.45, 2.75) is 57.4 Å². The van der Waals surface area contributed by atoms with Crippen molar-refractivity contribution < 1.29 is 38.2 Å². The first-order chi connectivity index (χ1) is 32.5. The molecule has 0 aromatic heterocycles. The second-order valence-corrected chi connectivity index (χ2v) is 16.2. The molecule has 0 spiro atoms. The molecular formula is C47H43Cl5N8O8. The molecule has 0 aliphatic heterocycles. The van der Waals surface area contributed by atoms with Crippen LogP contribution in [0.4, 0.5) is 34.1 Å². The van der Waals surface area contributed by atoms with E-state index in [0.717, 1.165) is 13.8 Å². The van der Waals surface area contributed by atoms with Crippen LogP contribution < -0.4 is 30.7 Å². The second kappa shape index (κ2) is 25.1. The van der Waals surface area contributed by atoms with Gasteiger partial charge in [-0.25, -0.2) is 0 Å². The van der Waals surface area contributed by atoms with Crippen LogP contribution in [0.3, 0.4) is 0 Å². The molecule has 2 unspecified atom stereocenters. The number of ether oxygens (including phenoxy) is 2. The SMILES string of the molecule is CCOc1ccc(NC(=O)c2cc(Cl)cc(N=NC(C(C)=O)C(=O)Nc3ccc(NC(=O)C(N=Nc4cc(Cl)cc(C(=O)Nc5ccc(OCC)c(CCl)c5)c4)C(C)=O)c(CCl)c3)c2)cc1CCl. The second-order valence-electron chi connectivity index (χ2n) is 14.5. The van der Waals surface area contributed by atoms with Crippen molar-refractivity contribution in [1.82, 2.24) is 0 Å². The van der Waals surface area contributed by atoms with Crippen LogP contribution in [-0.4, -0.2) is 60.5 Å². The van der Waals surface area contributed by atoms with E-state index in [4.69, 9.17) is 67.5 Å². The first-order valence-corrected chi connectivity index (χ1v) is 22.9. The van der Waals surface area contributed by atoms with E-state index >= 15 is 0 Å². The minimum atomic E-state index is -1.62. The number of hydrogen-bond acceptors (Lipinski definition) is 12. The number of alkyl halides is 3. The summed E-state index contributed by atoms with van der Waals surface area (Å²) in [5, 5.41) is 27.1. The first kappa shape index (κ1) is 52.5. The minimum Gasteiger partial charge on any atom is -0.494 e. The van der Waals surface area contributed by atoms with Crippen molar-refractivity contribution in [3.05, 3.63) is 129 Å². The van der Waals surface area contributed by atoms with Crippen LogP contribution in [0.2, 0.25) is 10.0 Å². The van der Waals surface area contributed by atoms with Gasteiger partial charge in [-0.15, -0.1) is 34.8 Å². The molecular weight excluding hydrogens is 982 g/mol. The molecule has 354 valence electrons. The number of ketones is 2. The number of nitrogens with zero attached hydrogens (tertiary/aromatic N) is 4. The Morgan fingerprint density at radius 1 is 0.515 bits per heavy atom. The number of rotatable bonds is 21. The fraction of sp³-hybridized carbons (Fsp3) is 0.234. The average molecular weight is 1030 g/mol. The predicted molar refractivity (Wildman–Crippen MR) is 264 cm³/mol. The molecule has 5 aromatic carbocycles. The Hall–Kier alpha value is -6.43. The summed E-state index contributed by atoms with van der Waals surface area (Å²) >= 11 is 31.0. The molecule has 0 aliphatic rings. The van der Waals surface area contributed by atoms with Crippen LogP contribution in [0, 0.1) is 0 Å². The Bertz CT molecular complexity index is 2790. The van der Waals surface area contributed by atoms with Gasteiger partial charge in [0.2, 0.25) is 12.1 Å². The smallest absolute Gasteiger partial charge is 0.258 e. The Kier molecular flexibility index (Phi) is 19.4. The van der Waals surface area contributed by atoms with E-state index in [2.05, 4.69) is 41.7 Å². The third-order valence-corrected chi connectivity index (χ3v) is 10.7. The van der Waals surface area contributed by atoms with Crippen LogP contribution in [0.15, 0.2) is 111 Å². The van der Waals surface area contributed by atoms with Gasteiger partial charge in [0, 0.05) is 60.9 Å². The molecule has 0 aliphatic carbocycles. The number of carbonyl (C=O) groups excluding carboxylic acids is 6. The third-order valence-electron chi connectivity index (χ3n) is 9.43. The molecule has 0 bridgehead atoms. The first-order valence-electron chi connectivity index (χ1n) is 20.6. The zero-order valence-electron chi connectivity index (χ0n) is 36.8. The van der Waals surface area contributed by atoms with E-state index in [-0.39, 0.29) is 61.6 Å². The Labute approximate surface area is 416 Å². The summed E-state index contributed by atoms with van der Waals surface area (Å²) in [6.45, 7) is 6.88. The normalized spacial score (nSPS) is 12.0. The Morgan fingerprint density at radius 3 is 1.32 bits per heavy atom. The van der Waals surface area contributed by atoms with Gasteiger partial charge in [-0.1, -0.05) is 23.2 Å². The maximum atomic E-state index is 13.4. The number of benzene rings is 5. The summed E-state index contributed by atoms with van der Waals surface area (Å²) in [6, 6.07) is 19.5. The number of azo groups is 2. The van der Waals surface area contributed by atoms with E-state index in [1.165, 1.54) is 54.6 Å². The highest BCUT2D eigenvalue weighted by molar-refractivity contribution is 6.32. The highest BCUT2D eigenvalue weighted by Crippen LogP contribution is 2.30. The summed E-state index contributed by atoms with van der Waals surface area (Å²) in [5.41, 5.74) is 3.38.